The summed E-state index contributed by atoms with van der Waals surface area (Å²) in [6.07, 6.45) is 0. The predicted molar refractivity (Wildman–Crippen MR) is 92.7 cm³/mol. The van der Waals surface area contributed by atoms with Crippen LogP contribution in [0, 0.1) is 3.57 Å². The summed E-state index contributed by atoms with van der Waals surface area (Å²) >= 11 is 2.20. The third-order valence-electron chi connectivity index (χ3n) is 3.29. The van der Waals surface area contributed by atoms with E-state index in [4.69, 9.17) is 4.74 Å². The van der Waals surface area contributed by atoms with Crippen LogP contribution in [0.3, 0.4) is 0 Å². The van der Waals surface area contributed by atoms with Crippen molar-refractivity contribution in [3.63, 3.8) is 0 Å². The zero-order chi connectivity index (χ0) is 15.9. The second-order valence-corrected chi connectivity index (χ2v) is 6.47. The number of morpholine rings is 1. The number of rotatable bonds is 5. The molecule has 0 unspecified atom stereocenters. The molecule has 0 aromatic heterocycles. The van der Waals surface area contributed by atoms with Crippen LogP contribution in [-0.2, 0) is 14.3 Å². The smallest absolute Gasteiger partial charge is 0.238 e. The van der Waals surface area contributed by atoms with Gasteiger partial charge in [0.05, 0.1) is 26.3 Å². The average molecular weight is 417 g/mol. The maximum Gasteiger partial charge on any atom is 0.238 e. The molecule has 0 atom stereocenters. The fraction of sp³-hybridized carbons (Fsp3) is 0.467. The molecule has 6 nitrogen and oxygen atoms in total. The predicted octanol–water partition coefficient (Wildman–Crippen LogP) is 1.02. The average Bonchev–Trinajstić information content (AvgIpc) is 2.47. The first-order chi connectivity index (χ1) is 10.5. The topological polar surface area (TPSA) is 61.9 Å². The molecular formula is C15H20IN3O3. The maximum absolute atomic E-state index is 12.1. The fourth-order valence-corrected chi connectivity index (χ4v) is 2.75. The van der Waals surface area contributed by atoms with Gasteiger partial charge in [0.15, 0.2) is 0 Å². The number of nitrogens with zero attached hydrogens (tertiary/aromatic N) is 2. The van der Waals surface area contributed by atoms with Crippen LogP contribution in [0.25, 0.3) is 0 Å². The number of likely N-dealkylation sites (N-methyl/N-ethyl adjacent to an activating group) is 1. The Kier molecular flexibility index (Phi) is 6.59. The van der Waals surface area contributed by atoms with Crippen molar-refractivity contribution in [3.05, 3.63) is 27.8 Å². The lowest BCUT2D eigenvalue weighted by Crippen LogP contribution is -2.46. The summed E-state index contributed by atoms with van der Waals surface area (Å²) in [5.41, 5.74) is 0.768. The van der Waals surface area contributed by atoms with Crippen molar-refractivity contribution in [2.24, 2.45) is 0 Å². The van der Waals surface area contributed by atoms with E-state index in [-0.39, 0.29) is 24.9 Å². The van der Waals surface area contributed by atoms with Gasteiger partial charge < -0.3 is 15.0 Å². The first-order valence-electron chi connectivity index (χ1n) is 7.14. The van der Waals surface area contributed by atoms with Gasteiger partial charge in [-0.05, 0) is 47.8 Å². The van der Waals surface area contributed by atoms with E-state index in [2.05, 4.69) is 27.9 Å². The molecule has 22 heavy (non-hydrogen) atoms. The Hall–Kier alpha value is -1.19. The Bertz CT molecular complexity index is 533. The Balaban J connectivity index is 1.77. The van der Waals surface area contributed by atoms with Gasteiger partial charge in [-0.25, -0.2) is 0 Å². The quantitative estimate of drug-likeness (QED) is 0.727. The number of nitrogens with one attached hydrogen (secondary N) is 1. The van der Waals surface area contributed by atoms with Crippen LogP contribution in [0.4, 0.5) is 5.69 Å². The van der Waals surface area contributed by atoms with Crippen molar-refractivity contribution in [2.45, 2.75) is 0 Å². The molecule has 1 aliphatic rings. The molecule has 1 saturated heterocycles. The molecule has 0 bridgehead atoms. The summed E-state index contributed by atoms with van der Waals surface area (Å²) in [6.45, 7) is 2.84. The Morgan fingerprint density at radius 3 is 2.73 bits per heavy atom. The Morgan fingerprint density at radius 1 is 1.32 bits per heavy atom. The molecule has 1 aromatic rings. The molecule has 0 radical (unpaired) electrons. The number of carbonyl (C=O) groups excluding carboxylic acids is 2. The lowest BCUT2D eigenvalue weighted by molar-refractivity contribution is -0.136. The van der Waals surface area contributed by atoms with E-state index in [0.717, 1.165) is 9.26 Å². The van der Waals surface area contributed by atoms with Crippen molar-refractivity contribution in [2.75, 3.05) is 51.8 Å². The van der Waals surface area contributed by atoms with Crippen LogP contribution >= 0.6 is 22.6 Å². The van der Waals surface area contributed by atoms with Crippen LogP contribution in [0.5, 0.6) is 0 Å². The minimum absolute atomic E-state index is 0.0351. The number of anilines is 1. The van der Waals surface area contributed by atoms with Gasteiger partial charge in [-0.15, -0.1) is 0 Å². The SMILES string of the molecule is CN(CC(=O)Nc1cccc(I)c1)CC(=O)N1CCOCC1. The van der Waals surface area contributed by atoms with Crippen molar-refractivity contribution >= 4 is 40.1 Å². The first-order valence-corrected chi connectivity index (χ1v) is 8.22. The van der Waals surface area contributed by atoms with Crippen LogP contribution < -0.4 is 5.32 Å². The van der Waals surface area contributed by atoms with Gasteiger partial charge in [-0.2, -0.15) is 0 Å². The van der Waals surface area contributed by atoms with Crippen LogP contribution in [-0.4, -0.2) is 68.1 Å². The normalized spacial score (nSPS) is 15.0. The van der Waals surface area contributed by atoms with Gasteiger partial charge >= 0.3 is 0 Å². The monoisotopic (exact) mass is 417 g/mol. The largest absolute Gasteiger partial charge is 0.378 e. The van der Waals surface area contributed by atoms with E-state index >= 15 is 0 Å². The summed E-state index contributed by atoms with van der Waals surface area (Å²) in [4.78, 5) is 27.6. The number of hydrogen-bond donors (Lipinski definition) is 1. The van der Waals surface area contributed by atoms with Crippen molar-refractivity contribution in [1.29, 1.82) is 0 Å². The molecule has 1 aromatic carbocycles. The number of carbonyl (C=O) groups is 2. The molecule has 1 fully saturated rings. The fourth-order valence-electron chi connectivity index (χ4n) is 2.21. The van der Waals surface area contributed by atoms with E-state index in [9.17, 15) is 9.59 Å². The molecule has 1 heterocycles. The molecule has 120 valence electrons. The van der Waals surface area contributed by atoms with E-state index in [1.807, 2.05) is 24.3 Å². The lowest BCUT2D eigenvalue weighted by atomic mass is 10.3. The van der Waals surface area contributed by atoms with Crippen molar-refractivity contribution < 1.29 is 14.3 Å². The molecule has 2 amide bonds. The molecule has 0 saturated carbocycles. The number of ether oxygens (including phenoxy) is 1. The third-order valence-corrected chi connectivity index (χ3v) is 3.96. The summed E-state index contributed by atoms with van der Waals surface area (Å²) in [5, 5.41) is 2.84. The lowest BCUT2D eigenvalue weighted by Gasteiger charge is -2.28. The van der Waals surface area contributed by atoms with Gasteiger partial charge in [0.1, 0.15) is 0 Å². The summed E-state index contributed by atoms with van der Waals surface area (Å²) in [5.74, 6) is -0.0906. The Labute approximate surface area is 143 Å². The van der Waals surface area contributed by atoms with Gasteiger partial charge in [-0.1, -0.05) is 6.07 Å². The minimum atomic E-state index is -0.126. The third kappa shape index (κ3) is 5.54. The van der Waals surface area contributed by atoms with Gasteiger partial charge in [0.2, 0.25) is 11.8 Å². The van der Waals surface area contributed by atoms with Crippen LogP contribution in [0.1, 0.15) is 0 Å². The highest BCUT2D eigenvalue weighted by Crippen LogP contribution is 2.12. The van der Waals surface area contributed by atoms with E-state index in [1.165, 1.54) is 0 Å². The maximum atomic E-state index is 12.1. The molecule has 7 heteroatoms. The highest BCUT2D eigenvalue weighted by molar-refractivity contribution is 14.1. The van der Waals surface area contributed by atoms with Crippen molar-refractivity contribution in [1.82, 2.24) is 9.80 Å². The molecule has 0 aliphatic carbocycles. The Morgan fingerprint density at radius 2 is 2.05 bits per heavy atom. The molecule has 1 N–H and O–H groups in total. The summed E-state index contributed by atoms with van der Waals surface area (Å²) < 4.78 is 6.28. The highest BCUT2D eigenvalue weighted by Gasteiger charge is 2.19. The number of hydrogen-bond acceptors (Lipinski definition) is 4. The van der Waals surface area contributed by atoms with Crippen LogP contribution in [0.15, 0.2) is 24.3 Å². The second-order valence-electron chi connectivity index (χ2n) is 5.22. The molecular weight excluding hydrogens is 397 g/mol. The van der Waals surface area contributed by atoms with Gasteiger partial charge in [0.25, 0.3) is 0 Å². The zero-order valence-corrected chi connectivity index (χ0v) is 14.7. The second kappa shape index (κ2) is 8.44. The van der Waals surface area contributed by atoms with Gasteiger partial charge in [-0.3, -0.25) is 14.5 Å². The number of halogens is 1. The van der Waals surface area contributed by atoms with Gasteiger partial charge in [0, 0.05) is 22.3 Å². The molecule has 0 spiro atoms. The summed E-state index contributed by atoms with van der Waals surface area (Å²) in [7, 11) is 1.77. The zero-order valence-electron chi connectivity index (χ0n) is 12.5. The van der Waals surface area contributed by atoms with E-state index in [1.54, 1.807) is 16.8 Å². The summed E-state index contributed by atoms with van der Waals surface area (Å²) in [6, 6.07) is 7.60. The van der Waals surface area contributed by atoms with E-state index < -0.39 is 0 Å². The van der Waals surface area contributed by atoms with Crippen LogP contribution in [0.2, 0.25) is 0 Å². The van der Waals surface area contributed by atoms with E-state index in [0.29, 0.717) is 26.3 Å². The molecule has 1 aliphatic heterocycles. The van der Waals surface area contributed by atoms with Crippen molar-refractivity contribution in [3.8, 4) is 0 Å². The minimum Gasteiger partial charge on any atom is -0.378 e. The molecule has 2 rings (SSSR count). The number of benzene rings is 1. The highest BCUT2D eigenvalue weighted by atomic mass is 127. The standard InChI is InChI=1S/C15H20IN3O3/c1-18(11-15(21)19-5-7-22-8-6-19)10-14(20)17-13-4-2-3-12(16)9-13/h2-4,9H,5-8,10-11H2,1H3,(H,17,20). The number of amides is 2. The first kappa shape index (κ1) is 17.2.